The molecule has 3 nitrogen and oxygen atoms in total. The van der Waals surface area contributed by atoms with Crippen LogP contribution in [0.2, 0.25) is 6.04 Å². The fourth-order valence-electron chi connectivity index (χ4n) is 4.43. The standard InChI is InChI=1S/C18H38N2OSi/c1-3-19-22(21-4-2)16-15-20(17-11-7-5-8-12-17)18-13-9-6-10-14-18/h17-19,22H,3-16H2,1-2H3. The van der Waals surface area contributed by atoms with Crippen LogP contribution in [0.25, 0.3) is 0 Å². The summed E-state index contributed by atoms with van der Waals surface area (Å²) < 4.78 is 6.01. The molecule has 0 spiro atoms. The van der Waals surface area contributed by atoms with Crippen LogP contribution in [0.1, 0.15) is 78.1 Å². The lowest BCUT2D eigenvalue weighted by molar-refractivity contribution is 0.0855. The van der Waals surface area contributed by atoms with Crippen LogP contribution in [0.15, 0.2) is 0 Å². The van der Waals surface area contributed by atoms with Crippen molar-refractivity contribution in [2.24, 2.45) is 0 Å². The summed E-state index contributed by atoms with van der Waals surface area (Å²) in [4.78, 5) is 6.56. The zero-order chi connectivity index (χ0) is 15.6. The van der Waals surface area contributed by atoms with Gasteiger partial charge in [0.05, 0.1) is 0 Å². The molecular formula is C18H38N2OSi. The molecule has 1 N–H and O–H groups in total. The van der Waals surface area contributed by atoms with Gasteiger partial charge in [0.1, 0.15) is 0 Å². The lowest BCUT2D eigenvalue weighted by Gasteiger charge is -2.42. The first-order valence-electron chi connectivity index (χ1n) is 9.95. The van der Waals surface area contributed by atoms with E-state index in [1.165, 1.54) is 76.8 Å². The first-order valence-corrected chi connectivity index (χ1v) is 11.8. The van der Waals surface area contributed by atoms with Gasteiger partial charge >= 0.3 is 0 Å². The Kier molecular flexibility index (Phi) is 9.04. The number of hydrogen-bond acceptors (Lipinski definition) is 3. The molecular weight excluding hydrogens is 288 g/mol. The lowest BCUT2D eigenvalue weighted by Crippen LogP contribution is -2.48. The second-order valence-electron chi connectivity index (χ2n) is 7.11. The Balaban J connectivity index is 1.90. The third-order valence-corrected chi connectivity index (χ3v) is 7.92. The Hall–Kier alpha value is 0.0969. The maximum atomic E-state index is 6.01. The smallest absolute Gasteiger partial charge is 0.253 e. The van der Waals surface area contributed by atoms with Gasteiger partial charge in [0.25, 0.3) is 9.20 Å². The highest BCUT2D eigenvalue weighted by molar-refractivity contribution is 6.48. The Morgan fingerprint density at radius 3 is 1.91 bits per heavy atom. The molecule has 0 saturated heterocycles. The molecule has 0 bridgehead atoms. The van der Waals surface area contributed by atoms with E-state index in [-0.39, 0.29) is 0 Å². The molecule has 1 atom stereocenters. The second-order valence-corrected chi connectivity index (χ2v) is 9.41. The molecule has 2 aliphatic carbocycles. The van der Waals surface area contributed by atoms with E-state index in [1.54, 1.807) is 0 Å². The van der Waals surface area contributed by atoms with Crippen molar-refractivity contribution in [3.8, 4) is 0 Å². The fraction of sp³-hybridized carbons (Fsp3) is 1.00. The predicted molar refractivity (Wildman–Crippen MR) is 97.7 cm³/mol. The molecule has 2 saturated carbocycles. The summed E-state index contributed by atoms with van der Waals surface area (Å²) in [5.41, 5.74) is 0. The highest BCUT2D eigenvalue weighted by Gasteiger charge is 2.29. The van der Waals surface area contributed by atoms with Crippen molar-refractivity contribution in [1.29, 1.82) is 0 Å². The van der Waals surface area contributed by atoms with Crippen LogP contribution >= 0.6 is 0 Å². The van der Waals surface area contributed by atoms with E-state index >= 15 is 0 Å². The molecule has 2 aliphatic rings. The number of rotatable bonds is 9. The number of hydrogen-bond donors (Lipinski definition) is 1. The van der Waals surface area contributed by atoms with Crippen LogP contribution in [-0.2, 0) is 4.43 Å². The molecule has 1 unspecified atom stereocenters. The van der Waals surface area contributed by atoms with Gasteiger partial charge in [0, 0.05) is 18.7 Å². The summed E-state index contributed by atoms with van der Waals surface area (Å²) in [6.07, 6.45) is 14.5. The Morgan fingerprint density at radius 2 is 1.45 bits per heavy atom. The van der Waals surface area contributed by atoms with E-state index in [2.05, 4.69) is 23.7 Å². The molecule has 0 aromatic heterocycles. The van der Waals surface area contributed by atoms with Crippen LogP contribution in [0.3, 0.4) is 0 Å². The van der Waals surface area contributed by atoms with Gasteiger partial charge in [-0.05, 0) is 51.7 Å². The van der Waals surface area contributed by atoms with E-state index in [0.29, 0.717) is 0 Å². The maximum Gasteiger partial charge on any atom is 0.253 e. The van der Waals surface area contributed by atoms with Gasteiger partial charge in [-0.15, -0.1) is 0 Å². The normalized spacial score (nSPS) is 23.0. The van der Waals surface area contributed by atoms with Gasteiger partial charge in [-0.25, -0.2) is 0 Å². The van der Waals surface area contributed by atoms with Crippen molar-refractivity contribution in [2.75, 3.05) is 19.7 Å². The third-order valence-electron chi connectivity index (χ3n) is 5.54. The molecule has 4 heteroatoms. The van der Waals surface area contributed by atoms with E-state index < -0.39 is 9.20 Å². The highest BCUT2D eigenvalue weighted by Crippen LogP contribution is 2.30. The molecule has 0 aromatic carbocycles. The largest absolute Gasteiger partial charge is 0.406 e. The van der Waals surface area contributed by atoms with Crippen molar-refractivity contribution in [3.05, 3.63) is 0 Å². The minimum atomic E-state index is -1.19. The van der Waals surface area contributed by atoms with Crippen molar-refractivity contribution in [1.82, 2.24) is 9.88 Å². The maximum absolute atomic E-state index is 6.01. The Bertz CT molecular complexity index is 254. The monoisotopic (exact) mass is 326 g/mol. The topological polar surface area (TPSA) is 24.5 Å². The third kappa shape index (κ3) is 5.95. The van der Waals surface area contributed by atoms with Gasteiger partial charge in [-0.3, -0.25) is 4.90 Å². The number of nitrogens with zero attached hydrogens (tertiary/aromatic N) is 1. The molecule has 0 radical (unpaired) electrons. The second kappa shape index (κ2) is 10.8. The summed E-state index contributed by atoms with van der Waals surface area (Å²) in [6.45, 7) is 7.55. The van der Waals surface area contributed by atoms with Gasteiger partial charge < -0.3 is 9.41 Å². The lowest BCUT2D eigenvalue weighted by atomic mass is 9.89. The van der Waals surface area contributed by atoms with E-state index in [1.807, 2.05) is 0 Å². The van der Waals surface area contributed by atoms with Gasteiger partial charge in [0.15, 0.2) is 0 Å². The zero-order valence-electron chi connectivity index (χ0n) is 15.0. The van der Waals surface area contributed by atoms with Gasteiger partial charge in [-0.2, -0.15) is 0 Å². The molecule has 22 heavy (non-hydrogen) atoms. The molecule has 0 aliphatic heterocycles. The minimum absolute atomic E-state index is 0.870. The molecule has 2 fully saturated rings. The summed E-state index contributed by atoms with van der Waals surface area (Å²) >= 11 is 0. The highest BCUT2D eigenvalue weighted by atomic mass is 28.3. The van der Waals surface area contributed by atoms with Crippen molar-refractivity contribution in [3.63, 3.8) is 0 Å². The minimum Gasteiger partial charge on any atom is -0.406 e. The Morgan fingerprint density at radius 1 is 0.909 bits per heavy atom. The van der Waals surface area contributed by atoms with Crippen LogP contribution in [0, 0.1) is 0 Å². The molecule has 0 heterocycles. The molecule has 2 rings (SSSR count). The number of nitrogens with one attached hydrogen (secondary N) is 1. The van der Waals surface area contributed by atoms with Crippen molar-refractivity contribution in [2.45, 2.75) is 96.2 Å². The van der Waals surface area contributed by atoms with Crippen LogP contribution in [0.4, 0.5) is 0 Å². The van der Waals surface area contributed by atoms with Gasteiger partial charge in [-0.1, -0.05) is 45.4 Å². The van der Waals surface area contributed by atoms with E-state index in [9.17, 15) is 0 Å². The molecule has 0 amide bonds. The Labute approximate surface area is 140 Å². The van der Waals surface area contributed by atoms with Crippen molar-refractivity contribution >= 4 is 9.20 Å². The summed E-state index contributed by atoms with van der Waals surface area (Å²) in [6, 6.07) is 3.01. The quantitative estimate of drug-likeness (QED) is 0.652. The average molecular weight is 327 g/mol. The molecule has 130 valence electrons. The zero-order valence-corrected chi connectivity index (χ0v) is 16.1. The van der Waals surface area contributed by atoms with Crippen molar-refractivity contribution < 1.29 is 4.43 Å². The van der Waals surface area contributed by atoms with Crippen LogP contribution in [0.5, 0.6) is 0 Å². The predicted octanol–water partition coefficient (Wildman–Crippen LogP) is 3.82. The fourth-order valence-corrected chi connectivity index (χ4v) is 6.31. The first kappa shape index (κ1) is 18.4. The van der Waals surface area contributed by atoms with Crippen LogP contribution in [-0.4, -0.2) is 45.9 Å². The summed E-state index contributed by atoms with van der Waals surface area (Å²) in [5.74, 6) is 0. The van der Waals surface area contributed by atoms with E-state index in [0.717, 1.165) is 25.2 Å². The average Bonchev–Trinajstić information content (AvgIpc) is 2.57. The first-order chi connectivity index (χ1) is 10.8. The summed E-state index contributed by atoms with van der Waals surface area (Å²) in [5, 5.41) is 0. The van der Waals surface area contributed by atoms with Crippen LogP contribution < -0.4 is 4.98 Å². The summed E-state index contributed by atoms with van der Waals surface area (Å²) in [7, 11) is -1.19. The van der Waals surface area contributed by atoms with E-state index in [4.69, 9.17) is 4.43 Å². The SMILES string of the molecule is CCN[SiH](CCN(C1CCCCC1)C1CCCCC1)OCC. The van der Waals surface area contributed by atoms with Gasteiger partial charge in [0.2, 0.25) is 0 Å². The molecule has 0 aromatic rings.